The van der Waals surface area contributed by atoms with Crippen LogP contribution in [0.3, 0.4) is 0 Å². The Morgan fingerprint density at radius 3 is 2.40 bits per heavy atom. The van der Waals surface area contributed by atoms with Crippen LogP contribution in [0, 0.1) is 5.41 Å². The first-order valence-corrected chi connectivity index (χ1v) is 6.03. The Labute approximate surface area is 77.3 Å². The Balaban J connectivity index is 3.28. The van der Waals surface area contributed by atoms with Crippen LogP contribution in [0.2, 0.25) is 0 Å². The van der Waals surface area contributed by atoms with E-state index in [1.165, 1.54) is 17.9 Å². The molecule has 2 heteroatoms. The molecule has 0 saturated heterocycles. The molecule has 0 aliphatic carbocycles. The van der Waals surface area contributed by atoms with Gasteiger partial charge in [-0.1, -0.05) is 36.7 Å². The molecule has 0 spiro atoms. The average molecular weight is 225 g/mol. The molecule has 0 heterocycles. The van der Waals surface area contributed by atoms with E-state index in [0.717, 1.165) is 5.33 Å². The highest BCUT2D eigenvalue weighted by molar-refractivity contribution is 9.09. The van der Waals surface area contributed by atoms with Gasteiger partial charge in [-0.2, -0.15) is 11.8 Å². The molecule has 0 rings (SSSR count). The molecule has 0 saturated carbocycles. The van der Waals surface area contributed by atoms with Gasteiger partial charge in [0.2, 0.25) is 0 Å². The summed E-state index contributed by atoms with van der Waals surface area (Å²) in [4.78, 5) is 0. The van der Waals surface area contributed by atoms with Gasteiger partial charge in [-0.05, 0) is 23.3 Å². The minimum absolute atomic E-state index is 0.472. The zero-order valence-electron chi connectivity index (χ0n) is 7.11. The van der Waals surface area contributed by atoms with Crippen molar-refractivity contribution in [2.24, 2.45) is 5.41 Å². The molecule has 0 aromatic heterocycles. The minimum Gasteiger partial charge on any atom is -0.161 e. The maximum Gasteiger partial charge on any atom is 0.00905 e. The second-order valence-corrected chi connectivity index (χ2v) is 5.02. The van der Waals surface area contributed by atoms with Gasteiger partial charge in [0.1, 0.15) is 0 Å². The minimum atomic E-state index is 0.472. The summed E-state index contributed by atoms with van der Waals surface area (Å²) >= 11 is 5.56. The first-order chi connectivity index (χ1) is 4.62. The Kier molecular flexibility index (Phi) is 5.93. The van der Waals surface area contributed by atoms with Crippen LogP contribution in [0.4, 0.5) is 0 Å². The van der Waals surface area contributed by atoms with Crippen molar-refractivity contribution in [3.05, 3.63) is 0 Å². The van der Waals surface area contributed by atoms with E-state index >= 15 is 0 Å². The Hall–Kier alpha value is 0.830. The van der Waals surface area contributed by atoms with Crippen molar-refractivity contribution in [1.82, 2.24) is 0 Å². The number of halogens is 1. The largest absolute Gasteiger partial charge is 0.161 e. The predicted octanol–water partition coefficient (Wildman–Crippen LogP) is 3.55. The molecule has 62 valence electrons. The van der Waals surface area contributed by atoms with Crippen LogP contribution >= 0.6 is 27.7 Å². The number of thioether (sulfide) groups is 1. The van der Waals surface area contributed by atoms with Crippen LogP contribution in [-0.2, 0) is 0 Å². The van der Waals surface area contributed by atoms with Gasteiger partial charge in [0.05, 0.1) is 0 Å². The topological polar surface area (TPSA) is 0 Å². The summed E-state index contributed by atoms with van der Waals surface area (Å²) in [7, 11) is 0. The molecule has 0 N–H and O–H groups in total. The summed E-state index contributed by atoms with van der Waals surface area (Å²) in [5.74, 6) is 2.57. The summed E-state index contributed by atoms with van der Waals surface area (Å²) in [5, 5.41) is 1.11. The van der Waals surface area contributed by atoms with Gasteiger partial charge in [0.15, 0.2) is 0 Å². The third-order valence-electron chi connectivity index (χ3n) is 1.20. The lowest BCUT2D eigenvalue weighted by Gasteiger charge is -2.20. The van der Waals surface area contributed by atoms with E-state index in [1.807, 2.05) is 0 Å². The van der Waals surface area contributed by atoms with Gasteiger partial charge in [0.25, 0.3) is 0 Å². The Bertz CT molecular complexity index is 81.3. The maximum atomic E-state index is 3.51. The van der Waals surface area contributed by atoms with Gasteiger partial charge in [-0.15, -0.1) is 0 Å². The van der Waals surface area contributed by atoms with E-state index < -0.39 is 0 Å². The molecule has 0 aliphatic rings. The maximum absolute atomic E-state index is 3.51. The van der Waals surface area contributed by atoms with E-state index in [0.29, 0.717) is 5.41 Å². The number of hydrogen-bond acceptors (Lipinski definition) is 1. The highest BCUT2D eigenvalue weighted by Crippen LogP contribution is 2.23. The lowest BCUT2D eigenvalue weighted by molar-refractivity contribution is 0.496. The lowest BCUT2D eigenvalue weighted by atomic mass is 10.0. The SMILES string of the molecule is CCCSCC(C)(C)CBr. The molecule has 0 amide bonds. The Morgan fingerprint density at radius 2 is 2.00 bits per heavy atom. The van der Waals surface area contributed by atoms with Crippen molar-refractivity contribution in [2.45, 2.75) is 27.2 Å². The third-order valence-corrected chi connectivity index (χ3v) is 4.40. The van der Waals surface area contributed by atoms with E-state index in [4.69, 9.17) is 0 Å². The molecule has 0 bridgehead atoms. The molecular weight excluding hydrogens is 208 g/mol. The van der Waals surface area contributed by atoms with Crippen LogP contribution < -0.4 is 0 Å². The molecule has 10 heavy (non-hydrogen) atoms. The molecule has 0 atom stereocenters. The van der Waals surface area contributed by atoms with Crippen molar-refractivity contribution in [2.75, 3.05) is 16.8 Å². The molecule has 0 aromatic carbocycles. The molecule has 0 unspecified atom stereocenters. The van der Waals surface area contributed by atoms with Gasteiger partial charge in [-0.3, -0.25) is 0 Å². The van der Waals surface area contributed by atoms with E-state index in [1.54, 1.807) is 0 Å². The first-order valence-electron chi connectivity index (χ1n) is 3.76. The van der Waals surface area contributed by atoms with Gasteiger partial charge in [-0.25, -0.2) is 0 Å². The number of rotatable bonds is 5. The normalized spacial score (nSPS) is 12.0. The highest BCUT2D eigenvalue weighted by atomic mass is 79.9. The summed E-state index contributed by atoms with van der Waals surface area (Å²) in [6.07, 6.45) is 1.29. The van der Waals surface area contributed by atoms with Crippen molar-refractivity contribution >= 4 is 27.7 Å². The monoisotopic (exact) mass is 224 g/mol. The fourth-order valence-corrected chi connectivity index (χ4v) is 2.08. The van der Waals surface area contributed by atoms with Crippen LogP contribution in [0.1, 0.15) is 27.2 Å². The summed E-state index contributed by atoms with van der Waals surface area (Å²) in [6, 6.07) is 0. The highest BCUT2D eigenvalue weighted by Gasteiger charge is 2.14. The zero-order chi connectivity index (χ0) is 8.04. The smallest absolute Gasteiger partial charge is 0.00905 e. The zero-order valence-corrected chi connectivity index (χ0v) is 9.52. The average Bonchev–Trinajstić information content (AvgIpc) is 1.89. The predicted molar refractivity (Wildman–Crippen MR) is 55.2 cm³/mol. The fourth-order valence-electron chi connectivity index (χ4n) is 0.531. The Morgan fingerprint density at radius 1 is 1.40 bits per heavy atom. The van der Waals surface area contributed by atoms with Crippen molar-refractivity contribution < 1.29 is 0 Å². The second-order valence-electron chi connectivity index (χ2n) is 3.35. The fraction of sp³-hybridized carbons (Fsp3) is 1.00. The van der Waals surface area contributed by atoms with E-state index in [9.17, 15) is 0 Å². The van der Waals surface area contributed by atoms with Crippen molar-refractivity contribution in [3.63, 3.8) is 0 Å². The lowest BCUT2D eigenvalue weighted by Crippen LogP contribution is -2.16. The summed E-state index contributed by atoms with van der Waals surface area (Å²) in [6.45, 7) is 6.82. The van der Waals surface area contributed by atoms with Gasteiger partial charge < -0.3 is 0 Å². The summed E-state index contributed by atoms with van der Waals surface area (Å²) < 4.78 is 0. The van der Waals surface area contributed by atoms with Crippen LogP contribution in [0.15, 0.2) is 0 Å². The number of alkyl halides is 1. The molecule has 0 aliphatic heterocycles. The van der Waals surface area contributed by atoms with E-state index in [2.05, 4.69) is 48.5 Å². The molecule has 0 radical (unpaired) electrons. The molecule has 0 aromatic rings. The molecular formula is C8H17BrS. The molecule has 0 fully saturated rings. The summed E-state index contributed by atoms with van der Waals surface area (Å²) in [5.41, 5.74) is 0.472. The van der Waals surface area contributed by atoms with Crippen LogP contribution in [-0.4, -0.2) is 16.8 Å². The van der Waals surface area contributed by atoms with E-state index in [-0.39, 0.29) is 0 Å². The quantitative estimate of drug-likeness (QED) is 0.509. The molecule has 0 nitrogen and oxygen atoms in total. The van der Waals surface area contributed by atoms with Crippen molar-refractivity contribution in [1.29, 1.82) is 0 Å². The van der Waals surface area contributed by atoms with Crippen LogP contribution in [0.25, 0.3) is 0 Å². The van der Waals surface area contributed by atoms with Crippen LogP contribution in [0.5, 0.6) is 0 Å². The van der Waals surface area contributed by atoms with Gasteiger partial charge >= 0.3 is 0 Å². The standard InChI is InChI=1S/C8H17BrS/c1-4-5-10-7-8(2,3)6-9/h4-7H2,1-3H3. The number of hydrogen-bond donors (Lipinski definition) is 0. The van der Waals surface area contributed by atoms with Gasteiger partial charge in [0, 0.05) is 5.33 Å². The van der Waals surface area contributed by atoms with Crippen molar-refractivity contribution in [3.8, 4) is 0 Å². The first kappa shape index (κ1) is 10.8. The second kappa shape index (κ2) is 5.48. The third kappa shape index (κ3) is 5.60.